The van der Waals surface area contributed by atoms with Crippen LogP contribution in [0.3, 0.4) is 0 Å². The molecule has 0 amide bonds. The van der Waals surface area contributed by atoms with Crippen molar-refractivity contribution in [3.05, 3.63) is 28.8 Å². The van der Waals surface area contributed by atoms with Crippen molar-refractivity contribution in [3.63, 3.8) is 0 Å². The van der Waals surface area contributed by atoms with Crippen LogP contribution in [-0.2, 0) is 6.18 Å². The Morgan fingerprint density at radius 1 is 1.35 bits per heavy atom. The number of hydrogen-bond donors (Lipinski definition) is 2. The zero-order valence-corrected chi connectivity index (χ0v) is 14.1. The van der Waals surface area contributed by atoms with E-state index in [9.17, 15) is 13.2 Å². The molecule has 126 valence electrons. The fourth-order valence-electron chi connectivity index (χ4n) is 2.41. The first-order valence-electron chi connectivity index (χ1n) is 7.27. The molecule has 1 aliphatic carbocycles. The molecule has 3 nitrogen and oxygen atoms in total. The first-order chi connectivity index (χ1) is 10.8. The predicted molar refractivity (Wildman–Crippen MR) is 90.9 cm³/mol. The van der Waals surface area contributed by atoms with Gasteiger partial charge < -0.3 is 5.32 Å². The minimum absolute atomic E-state index is 0.0934. The highest BCUT2D eigenvalue weighted by atomic mass is 35.5. The van der Waals surface area contributed by atoms with E-state index in [1.807, 2.05) is 0 Å². The molecular weight excluding hydrogens is 347 g/mol. The molecule has 1 aromatic carbocycles. The molecule has 1 aromatic rings. The maximum atomic E-state index is 12.7. The number of hydrazone groups is 1. The van der Waals surface area contributed by atoms with Gasteiger partial charge in [0.05, 0.1) is 16.3 Å². The number of thiocarbonyl (C=S) groups is 1. The summed E-state index contributed by atoms with van der Waals surface area (Å²) in [6.45, 7) is 2.10. The van der Waals surface area contributed by atoms with Crippen LogP contribution < -0.4 is 10.7 Å². The zero-order chi connectivity index (χ0) is 17.0. The lowest BCUT2D eigenvalue weighted by molar-refractivity contribution is -0.137. The third kappa shape index (κ3) is 5.07. The number of alkyl halides is 3. The lowest BCUT2D eigenvalue weighted by Gasteiger charge is -2.20. The number of halogens is 4. The molecule has 0 heterocycles. The summed E-state index contributed by atoms with van der Waals surface area (Å²) in [6.07, 6.45) is -0.178. The molecule has 0 bridgehead atoms. The number of benzene rings is 1. The van der Waals surface area contributed by atoms with Crippen molar-refractivity contribution in [2.75, 3.05) is 5.32 Å². The Morgan fingerprint density at radius 3 is 2.74 bits per heavy atom. The maximum absolute atomic E-state index is 12.7. The average molecular weight is 364 g/mol. The monoisotopic (exact) mass is 363 g/mol. The number of nitrogens with zero attached hydrogens (tertiary/aromatic N) is 1. The van der Waals surface area contributed by atoms with E-state index in [0.717, 1.165) is 37.1 Å². The smallest absolute Gasteiger partial charge is 0.330 e. The van der Waals surface area contributed by atoms with Gasteiger partial charge in [-0.1, -0.05) is 24.9 Å². The second-order valence-electron chi connectivity index (χ2n) is 5.51. The molecule has 2 rings (SSSR count). The molecule has 0 unspecified atom stereocenters. The van der Waals surface area contributed by atoms with Crippen LogP contribution in [0.15, 0.2) is 23.3 Å². The Morgan fingerprint density at radius 2 is 2.09 bits per heavy atom. The quantitative estimate of drug-likeness (QED) is 0.559. The van der Waals surface area contributed by atoms with Crippen molar-refractivity contribution >= 4 is 40.3 Å². The summed E-state index contributed by atoms with van der Waals surface area (Å²) in [5.41, 5.74) is 3.01. The van der Waals surface area contributed by atoms with Crippen LogP contribution in [-0.4, -0.2) is 10.8 Å². The number of rotatable bonds is 2. The fraction of sp³-hybridized carbons (Fsp3) is 0.467. The summed E-state index contributed by atoms with van der Waals surface area (Å²) in [7, 11) is 0. The van der Waals surface area contributed by atoms with E-state index in [1.165, 1.54) is 12.5 Å². The molecule has 0 radical (unpaired) electrons. The summed E-state index contributed by atoms with van der Waals surface area (Å²) < 4.78 is 38.2. The molecule has 1 atom stereocenters. The zero-order valence-electron chi connectivity index (χ0n) is 12.5. The van der Waals surface area contributed by atoms with E-state index in [1.54, 1.807) is 0 Å². The molecule has 1 fully saturated rings. The maximum Gasteiger partial charge on any atom is 0.416 e. The van der Waals surface area contributed by atoms with Crippen LogP contribution in [0.4, 0.5) is 18.9 Å². The average Bonchev–Trinajstić information content (AvgIpc) is 2.47. The van der Waals surface area contributed by atoms with E-state index in [4.69, 9.17) is 23.8 Å². The SMILES string of the molecule is C[C@H]1CCCC/C1=N/NC(=S)Nc1cc(C(F)(F)F)ccc1Cl. The van der Waals surface area contributed by atoms with Gasteiger partial charge in [0, 0.05) is 5.71 Å². The van der Waals surface area contributed by atoms with Crippen LogP contribution in [0.5, 0.6) is 0 Å². The van der Waals surface area contributed by atoms with E-state index in [2.05, 4.69) is 22.8 Å². The van der Waals surface area contributed by atoms with Crippen molar-refractivity contribution in [3.8, 4) is 0 Å². The summed E-state index contributed by atoms with van der Waals surface area (Å²) in [4.78, 5) is 0. The number of anilines is 1. The van der Waals surface area contributed by atoms with Crippen molar-refractivity contribution in [1.82, 2.24) is 5.43 Å². The Bertz CT molecular complexity index is 616. The minimum atomic E-state index is -4.44. The van der Waals surface area contributed by atoms with Crippen molar-refractivity contribution in [2.24, 2.45) is 11.0 Å². The van der Waals surface area contributed by atoms with Gasteiger partial charge in [-0.25, -0.2) is 0 Å². The van der Waals surface area contributed by atoms with Crippen LogP contribution in [0, 0.1) is 5.92 Å². The largest absolute Gasteiger partial charge is 0.416 e. The standard InChI is InChI=1S/C15H17ClF3N3S/c1-9-4-2-3-5-12(9)21-22-14(23)20-13-8-10(15(17,18)19)6-7-11(13)16/h6-9H,2-5H2,1H3,(H2,20,22,23)/b21-12-/t9-/m0/s1. The van der Waals surface area contributed by atoms with Gasteiger partial charge in [-0.15, -0.1) is 0 Å². The summed E-state index contributed by atoms with van der Waals surface area (Å²) in [5, 5.41) is 7.18. The van der Waals surface area contributed by atoms with Gasteiger partial charge in [0.15, 0.2) is 5.11 Å². The van der Waals surface area contributed by atoms with Gasteiger partial charge in [-0.3, -0.25) is 5.43 Å². The molecule has 2 N–H and O–H groups in total. The lowest BCUT2D eigenvalue weighted by Crippen LogP contribution is -2.28. The van der Waals surface area contributed by atoms with Crippen LogP contribution >= 0.6 is 23.8 Å². The molecule has 23 heavy (non-hydrogen) atoms. The van der Waals surface area contributed by atoms with Crippen molar-refractivity contribution < 1.29 is 13.2 Å². The molecular formula is C15H17ClF3N3S. The van der Waals surface area contributed by atoms with E-state index >= 15 is 0 Å². The summed E-state index contributed by atoms with van der Waals surface area (Å²) >= 11 is 11.0. The molecule has 0 spiro atoms. The first kappa shape index (κ1) is 18.0. The van der Waals surface area contributed by atoms with Gasteiger partial charge in [-0.05, 0) is 55.6 Å². The van der Waals surface area contributed by atoms with Crippen LogP contribution in [0.25, 0.3) is 0 Å². The van der Waals surface area contributed by atoms with E-state index in [-0.39, 0.29) is 15.8 Å². The second-order valence-corrected chi connectivity index (χ2v) is 6.32. The molecule has 1 aliphatic rings. The van der Waals surface area contributed by atoms with Gasteiger partial charge in [-0.2, -0.15) is 18.3 Å². The Balaban J connectivity index is 2.04. The Hall–Kier alpha value is -1.34. The highest BCUT2D eigenvalue weighted by Crippen LogP contribution is 2.33. The Kier molecular flexibility index (Phi) is 5.86. The van der Waals surface area contributed by atoms with Gasteiger partial charge in [0.1, 0.15) is 0 Å². The molecule has 1 saturated carbocycles. The van der Waals surface area contributed by atoms with Crippen LogP contribution in [0.1, 0.15) is 38.2 Å². The topological polar surface area (TPSA) is 36.4 Å². The molecule has 0 saturated heterocycles. The predicted octanol–water partition coefficient (Wildman–Crippen LogP) is 5.21. The van der Waals surface area contributed by atoms with E-state index in [0.29, 0.717) is 5.92 Å². The first-order valence-corrected chi connectivity index (χ1v) is 8.06. The van der Waals surface area contributed by atoms with Gasteiger partial charge in [0.2, 0.25) is 0 Å². The fourth-order valence-corrected chi connectivity index (χ4v) is 2.73. The van der Waals surface area contributed by atoms with Crippen LogP contribution in [0.2, 0.25) is 5.02 Å². The minimum Gasteiger partial charge on any atom is -0.330 e. The van der Waals surface area contributed by atoms with E-state index < -0.39 is 11.7 Å². The third-order valence-electron chi connectivity index (χ3n) is 3.73. The lowest BCUT2D eigenvalue weighted by atomic mass is 9.89. The highest BCUT2D eigenvalue weighted by Gasteiger charge is 2.31. The number of hydrogen-bond acceptors (Lipinski definition) is 2. The van der Waals surface area contributed by atoms with Crippen molar-refractivity contribution in [1.29, 1.82) is 0 Å². The third-order valence-corrected chi connectivity index (χ3v) is 4.25. The second kappa shape index (κ2) is 7.49. The molecule has 0 aliphatic heterocycles. The normalized spacial score (nSPS) is 20.4. The van der Waals surface area contributed by atoms with Gasteiger partial charge in [0.25, 0.3) is 0 Å². The highest BCUT2D eigenvalue weighted by molar-refractivity contribution is 7.80. The van der Waals surface area contributed by atoms with Crippen molar-refractivity contribution in [2.45, 2.75) is 38.8 Å². The summed E-state index contributed by atoms with van der Waals surface area (Å²) in [6, 6.07) is 3.03. The summed E-state index contributed by atoms with van der Waals surface area (Å²) in [5.74, 6) is 0.385. The van der Waals surface area contributed by atoms with Gasteiger partial charge >= 0.3 is 6.18 Å². The molecule has 0 aromatic heterocycles. The Labute approximate surface area is 143 Å². The number of nitrogens with one attached hydrogen (secondary N) is 2. The molecule has 8 heteroatoms.